The molecule has 0 N–H and O–H groups in total. The van der Waals surface area contributed by atoms with E-state index in [-0.39, 0.29) is 6.54 Å². The van der Waals surface area contributed by atoms with E-state index in [2.05, 4.69) is 9.72 Å². The first-order valence-electron chi connectivity index (χ1n) is 7.25. The van der Waals surface area contributed by atoms with E-state index in [0.29, 0.717) is 0 Å². The van der Waals surface area contributed by atoms with Gasteiger partial charge in [-0.15, -0.1) is 0 Å². The van der Waals surface area contributed by atoms with E-state index in [9.17, 15) is 18.0 Å². The van der Waals surface area contributed by atoms with Crippen molar-refractivity contribution in [3.8, 4) is 11.1 Å². The Morgan fingerprint density at radius 1 is 1.25 bits per heavy atom. The molecule has 1 aromatic carbocycles. The van der Waals surface area contributed by atoms with Gasteiger partial charge in [0.2, 0.25) is 0 Å². The Labute approximate surface area is 137 Å². The van der Waals surface area contributed by atoms with Crippen molar-refractivity contribution in [3.05, 3.63) is 54.4 Å². The third kappa shape index (κ3) is 4.71. The third-order valence-corrected chi connectivity index (χ3v) is 3.39. The molecule has 0 saturated heterocycles. The molecule has 0 saturated carbocycles. The van der Waals surface area contributed by atoms with Crippen LogP contribution in [-0.4, -0.2) is 35.3 Å². The summed E-state index contributed by atoms with van der Waals surface area (Å²) in [6.45, 7) is 0.937. The number of carbonyl (C=O) groups excluding carboxylic acids is 1. The molecule has 128 valence electrons. The molecule has 2 aromatic rings. The average molecular weight is 338 g/mol. The standard InChI is InChI=1S/C17H17F3N2O2/c1-12(17(18,19)20)24-16(23)22(2)11-13-5-3-6-14(9-13)15-7-4-8-21-10-15/h3-10,12H,11H2,1-2H3. The van der Waals surface area contributed by atoms with Crippen molar-refractivity contribution >= 4 is 6.09 Å². The Bertz CT molecular complexity index is 690. The monoisotopic (exact) mass is 338 g/mol. The van der Waals surface area contributed by atoms with E-state index in [0.717, 1.165) is 28.5 Å². The van der Waals surface area contributed by atoms with Crippen molar-refractivity contribution in [2.24, 2.45) is 0 Å². The number of nitrogens with zero attached hydrogens (tertiary/aromatic N) is 2. The molecule has 1 heterocycles. The van der Waals surface area contributed by atoms with Crippen molar-refractivity contribution in [3.63, 3.8) is 0 Å². The molecule has 0 aliphatic carbocycles. The highest BCUT2D eigenvalue weighted by atomic mass is 19.4. The number of aromatic nitrogens is 1. The van der Waals surface area contributed by atoms with Gasteiger partial charge >= 0.3 is 12.3 Å². The highest BCUT2D eigenvalue weighted by molar-refractivity contribution is 5.68. The summed E-state index contributed by atoms with van der Waals surface area (Å²) in [5.41, 5.74) is 2.59. The Morgan fingerprint density at radius 2 is 1.96 bits per heavy atom. The lowest BCUT2D eigenvalue weighted by Gasteiger charge is -2.22. The molecule has 2 rings (SSSR count). The van der Waals surface area contributed by atoms with Crippen LogP contribution in [0.1, 0.15) is 12.5 Å². The molecule has 0 spiro atoms. The van der Waals surface area contributed by atoms with Crippen LogP contribution in [0.15, 0.2) is 48.8 Å². The lowest BCUT2D eigenvalue weighted by Crippen LogP contribution is -2.36. The summed E-state index contributed by atoms with van der Waals surface area (Å²) >= 11 is 0. The summed E-state index contributed by atoms with van der Waals surface area (Å²) in [7, 11) is 1.39. The second kappa shape index (κ2) is 7.33. The van der Waals surface area contributed by atoms with E-state index < -0.39 is 18.4 Å². The van der Waals surface area contributed by atoms with Crippen molar-refractivity contribution < 1.29 is 22.7 Å². The van der Waals surface area contributed by atoms with Crippen molar-refractivity contribution in [2.75, 3.05) is 7.05 Å². The van der Waals surface area contributed by atoms with E-state index in [1.54, 1.807) is 18.5 Å². The Kier molecular flexibility index (Phi) is 5.43. The molecule has 1 unspecified atom stereocenters. The predicted molar refractivity (Wildman–Crippen MR) is 83.1 cm³/mol. The first-order chi connectivity index (χ1) is 11.3. The molecule has 1 atom stereocenters. The van der Waals surface area contributed by atoms with Gasteiger partial charge in [0.25, 0.3) is 0 Å². The predicted octanol–water partition coefficient (Wildman–Crippen LogP) is 4.27. The normalized spacial score (nSPS) is 12.5. The molecule has 1 amide bonds. The Hall–Kier alpha value is -2.57. The molecule has 0 aliphatic rings. The van der Waals surface area contributed by atoms with E-state index >= 15 is 0 Å². The van der Waals surface area contributed by atoms with Gasteiger partial charge in [0, 0.05) is 26.0 Å². The van der Waals surface area contributed by atoms with Crippen LogP contribution < -0.4 is 0 Å². The Balaban J connectivity index is 2.04. The first-order valence-corrected chi connectivity index (χ1v) is 7.25. The minimum absolute atomic E-state index is 0.136. The van der Waals surface area contributed by atoms with Crippen LogP contribution in [0.5, 0.6) is 0 Å². The average Bonchev–Trinajstić information content (AvgIpc) is 2.55. The summed E-state index contributed by atoms with van der Waals surface area (Å²) in [6.07, 6.45) is -4.36. The number of pyridine rings is 1. The maximum absolute atomic E-state index is 12.4. The van der Waals surface area contributed by atoms with Gasteiger partial charge in [-0.2, -0.15) is 13.2 Å². The summed E-state index contributed by atoms with van der Waals surface area (Å²) in [5.74, 6) is 0. The number of benzene rings is 1. The third-order valence-electron chi connectivity index (χ3n) is 3.39. The lowest BCUT2D eigenvalue weighted by molar-refractivity contribution is -0.199. The highest BCUT2D eigenvalue weighted by Gasteiger charge is 2.39. The van der Waals surface area contributed by atoms with Gasteiger partial charge in [-0.1, -0.05) is 24.3 Å². The van der Waals surface area contributed by atoms with E-state index in [1.807, 2.05) is 30.3 Å². The summed E-state index contributed by atoms with van der Waals surface area (Å²) in [5, 5.41) is 0. The minimum Gasteiger partial charge on any atom is -0.437 e. The molecule has 0 aliphatic heterocycles. The number of halogens is 3. The number of ether oxygens (including phenoxy) is 1. The van der Waals surface area contributed by atoms with E-state index in [4.69, 9.17) is 0 Å². The Morgan fingerprint density at radius 3 is 2.58 bits per heavy atom. The fourth-order valence-electron chi connectivity index (χ4n) is 2.03. The molecule has 0 bridgehead atoms. The van der Waals surface area contributed by atoms with Crippen LogP contribution in [0.3, 0.4) is 0 Å². The van der Waals surface area contributed by atoms with Crippen LogP contribution >= 0.6 is 0 Å². The zero-order valence-electron chi connectivity index (χ0n) is 13.2. The zero-order valence-corrected chi connectivity index (χ0v) is 13.2. The minimum atomic E-state index is -4.57. The second-order valence-electron chi connectivity index (χ2n) is 5.37. The maximum atomic E-state index is 12.4. The number of hydrogen-bond acceptors (Lipinski definition) is 3. The van der Waals surface area contributed by atoms with Crippen LogP contribution in [0.2, 0.25) is 0 Å². The molecule has 4 nitrogen and oxygen atoms in total. The number of alkyl halides is 3. The zero-order chi connectivity index (χ0) is 17.7. The number of amides is 1. The first kappa shape index (κ1) is 17.8. The highest BCUT2D eigenvalue weighted by Crippen LogP contribution is 2.23. The number of hydrogen-bond donors (Lipinski definition) is 0. The van der Waals surface area contributed by atoms with Gasteiger partial charge in [0.05, 0.1) is 0 Å². The van der Waals surface area contributed by atoms with Crippen LogP contribution in [0.4, 0.5) is 18.0 Å². The molecule has 0 fully saturated rings. The fourth-order valence-corrected chi connectivity index (χ4v) is 2.03. The quantitative estimate of drug-likeness (QED) is 0.836. The van der Waals surface area contributed by atoms with Gasteiger partial charge in [0.15, 0.2) is 6.10 Å². The topological polar surface area (TPSA) is 42.4 Å². The van der Waals surface area contributed by atoms with Crippen LogP contribution in [0.25, 0.3) is 11.1 Å². The molecule has 0 radical (unpaired) electrons. The molecular formula is C17H17F3N2O2. The van der Waals surface area contributed by atoms with Crippen molar-refractivity contribution in [1.29, 1.82) is 0 Å². The lowest BCUT2D eigenvalue weighted by atomic mass is 10.0. The molecule has 24 heavy (non-hydrogen) atoms. The largest absolute Gasteiger partial charge is 0.437 e. The van der Waals surface area contributed by atoms with Gasteiger partial charge < -0.3 is 9.64 Å². The van der Waals surface area contributed by atoms with Gasteiger partial charge in [-0.25, -0.2) is 4.79 Å². The summed E-state index contributed by atoms with van der Waals surface area (Å²) < 4.78 is 41.7. The second-order valence-corrected chi connectivity index (χ2v) is 5.37. The van der Waals surface area contributed by atoms with Crippen LogP contribution in [-0.2, 0) is 11.3 Å². The van der Waals surface area contributed by atoms with Gasteiger partial charge in [0.1, 0.15) is 0 Å². The molecular weight excluding hydrogens is 321 g/mol. The van der Waals surface area contributed by atoms with E-state index in [1.165, 1.54) is 7.05 Å². The summed E-state index contributed by atoms with van der Waals surface area (Å²) in [4.78, 5) is 16.9. The molecule has 1 aromatic heterocycles. The fraction of sp³-hybridized carbons (Fsp3) is 0.294. The van der Waals surface area contributed by atoms with Gasteiger partial charge in [-0.3, -0.25) is 4.98 Å². The number of rotatable bonds is 4. The maximum Gasteiger partial charge on any atom is 0.425 e. The molecule has 7 heteroatoms. The SMILES string of the molecule is CC(OC(=O)N(C)Cc1cccc(-c2cccnc2)c1)C(F)(F)F. The summed E-state index contributed by atoms with van der Waals surface area (Å²) in [6, 6.07) is 11.1. The smallest absolute Gasteiger partial charge is 0.425 e. The van der Waals surface area contributed by atoms with Crippen molar-refractivity contribution in [1.82, 2.24) is 9.88 Å². The van der Waals surface area contributed by atoms with Gasteiger partial charge in [-0.05, 0) is 35.7 Å². The van der Waals surface area contributed by atoms with Crippen molar-refractivity contribution in [2.45, 2.75) is 25.7 Å². The van der Waals surface area contributed by atoms with Crippen LogP contribution in [0, 0.1) is 0 Å². The number of carbonyl (C=O) groups is 1.